The maximum atomic E-state index is 13.5. The van der Waals surface area contributed by atoms with Crippen molar-refractivity contribution in [1.82, 2.24) is 0 Å². The number of benzene rings is 2. The summed E-state index contributed by atoms with van der Waals surface area (Å²) in [7, 11) is -4.33. The summed E-state index contributed by atoms with van der Waals surface area (Å²) in [4.78, 5) is -0.0851. The van der Waals surface area contributed by atoms with Gasteiger partial charge < -0.3 is 9.29 Å². The minimum absolute atomic E-state index is 0.0851. The van der Waals surface area contributed by atoms with Gasteiger partial charge in [-0.25, -0.2) is 23.0 Å². The molecule has 0 saturated heterocycles. The minimum atomic E-state index is -4.33. The summed E-state index contributed by atoms with van der Waals surface area (Å²) in [6.07, 6.45) is 4.02. The summed E-state index contributed by atoms with van der Waals surface area (Å²) in [5.41, 5.74) is 3.06. The number of ether oxygens (including phenoxy) is 1. The van der Waals surface area contributed by atoms with E-state index in [1.807, 2.05) is 19.1 Å². The number of aryl methyl sites for hydroxylation is 3. The Morgan fingerprint density at radius 1 is 1.06 bits per heavy atom. The maximum absolute atomic E-state index is 13.5. The first kappa shape index (κ1) is 24.6. The van der Waals surface area contributed by atoms with Crippen molar-refractivity contribution in [3.05, 3.63) is 88.1 Å². The molecule has 1 heterocycles. The smallest absolute Gasteiger partial charge is 0.397 e. The highest BCUT2D eigenvalue weighted by atomic mass is 32.2. The molecule has 1 aliphatic rings. The SMILES string of the molecule is Cc1cc(C)c(S(=O)(=O)[O-])c(C)c1.N[n+]1ccc(C2CC2)cc1OCc1c(F)cccc1F. The number of hydrogen-bond acceptors (Lipinski definition) is 5. The van der Waals surface area contributed by atoms with E-state index in [1.165, 1.54) is 22.9 Å². The summed E-state index contributed by atoms with van der Waals surface area (Å²) in [5, 5.41) is 0. The van der Waals surface area contributed by atoms with Crippen LogP contribution in [0.4, 0.5) is 8.78 Å². The molecule has 0 radical (unpaired) electrons. The van der Waals surface area contributed by atoms with E-state index in [0.29, 0.717) is 22.9 Å². The maximum Gasteiger partial charge on any atom is 0.397 e. The first-order valence-corrected chi connectivity index (χ1v) is 11.8. The van der Waals surface area contributed by atoms with E-state index < -0.39 is 21.8 Å². The fourth-order valence-corrected chi connectivity index (χ4v) is 4.58. The van der Waals surface area contributed by atoms with E-state index in [9.17, 15) is 21.8 Å². The van der Waals surface area contributed by atoms with Crippen molar-refractivity contribution in [2.45, 2.75) is 51.0 Å². The van der Waals surface area contributed by atoms with Crippen LogP contribution in [0.5, 0.6) is 5.88 Å². The van der Waals surface area contributed by atoms with Crippen LogP contribution in [0.25, 0.3) is 0 Å². The van der Waals surface area contributed by atoms with Crippen LogP contribution in [0.3, 0.4) is 0 Å². The lowest BCUT2D eigenvalue weighted by atomic mass is 10.1. The van der Waals surface area contributed by atoms with Crippen LogP contribution < -0.4 is 15.3 Å². The topological polar surface area (TPSA) is 96.3 Å². The molecule has 33 heavy (non-hydrogen) atoms. The standard InChI is InChI=1S/C15H15F2N2O.C9H12O3S/c16-13-2-1-3-14(17)12(13)9-20-15-8-11(10-4-5-10)6-7-19(15)18;1-6-4-7(2)9(8(3)5-6)13(10,11)12/h1-3,6-8,10H,4-5,9,18H2;4-5H,1-3H3,(H,10,11,12)/q+1;/p-1. The van der Waals surface area contributed by atoms with Crippen molar-refractivity contribution in [3.8, 4) is 5.88 Å². The number of nitrogen functional groups attached to an aromatic ring is 1. The van der Waals surface area contributed by atoms with Crippen molar-refractivity contribution in [2.75, 3.05) is 5.84 Å². The van der Waals surface area contributed by atoms with Gasteiger partial charge in [0.15, 0.2) is 0 Å². The second-order valence-electron chi connectivity index (χ2n) is 8.15. The Morgan fingerprint density at radius 2 is 1.64 bits per heavy atom. The highest BCUT2D eigenvalue weighted by Gasteiger charge is 2.26. The van der Waals surface area contributed by atoms with Gasteiger partial charge in [-0.05, 0) is 68.4 Å². The van der Waals surface area contributed by atoms with Gasteiger partial charge in [0.05, 0.1) is 16.5 Å². The molecule has 1 aliphatic carbocycles. The number of rotatable bonds is 5. The summed E-state index contributed by atoms with van der Waals surface area (Å²) < 4.78 is 66.3. The molecule has 0 unspecified atom stereocenters. The second kappa shape index (κ2) is 9.84. The number of aromatic nitrogens is 1. The van der Waals surface area contributed by atoms with Crippen LogP contribution >= 0.6 is 0 Å². The van der Waals surface area contributed by atoms with E-state index in [4.69, 9.17) is 10.6 Å². The molecule has 4 rings (SSSR count). The Labute approximate surface area is 192 Å². The van der Waals surface area contributed by atoms with Gasteiger partial charge in [0.1, 0.15) is 28.4 Å². The summed E-state index contributed by atoms with van der Waals surface area (Å²) in [6, 6.07) is 10.9. The Hall–Kier alpha value is -3.04. The number of nitrogens with two attached hydrogens (primary N) is 1. The number of pyridine rings is 1. The monoisotopic (exact) mass is 476 g/mol. The molecule has 1 aromatic heterocycles. The second-order valence-corrected chi connectivity index (χ2v) is 9.47. The molecule has 1 saturated carbocycles. The first-order valence-electron chi connectivity index (χ1n) is 10.4. The van der Waals surface area contributed by atoms with Gasteiger partial charge in [0.2, 0.25) is 6.20 Å². The summed E-state index contributed by atoms with van der Waals surface area (Å²) >= 11 is 0. The Balaban J connectivity index is 0.000000205. The van der Waals surface area contributed by atoms with E-state index in [0.717, 1.165) is 24.0 Å². The normalized spacial score (nSPS) is 13.3. The minimum Gasteiger partial charge on any atom is -0.744 e. The Bertz CT molecular complexity index is 1230. The molecular formula is C24H26F2N2O4S. The summed E-state index contributed by atoms with van der Waals surface area (Å²) in [6.45, 7) is 4.93. The third-order valence-electron chi connectivity index (χ3n) is 5.30. The van der Waals surface area contributed by atoms with E-state index in [1.54, 1.807) is 32.2 Å². The molecule has 2 N–H and O–H groups in total. The molecule has 0 amide bonds. The molecule has 1 fully saturated rings. The van der Waals surface area contributed by atoms with Gasteiger partial charge in [-0.1, -0.05) is 28.4 Å². The Morgan fingerprint density at radius 3 is 2.15 bits per heavy atom. The van der Waals surface area contributed by atoms with Crippen molar-refractivity contribution >= 4 is 10.1 Å². The molecule has 176 valence electrons. The lowest BCUT2D eigenvalue weighted by Crippen LogP contribution is -2.45. The van der Waals surface area contributed by atoms with Crippen molar-refractivity contribution in [1.29, 1.82) is 0 Å². The zero-order valence-electron chi connectivity index (χ0n) is 18.6. The van der Waals surface area contributed by atoms with E-state index in [-0.39, 0.29) is 17.1 Å². The lowest BCUT2D eigenvalue weighted by molar-refractivity contribution is -0.645. The molecular weight excluding hydrogens is 450 g/mol. The third-order valence-corrected chi connectivity index (χ3v) is 6.45. The molecule has 9 heteroatoms. The van der Waals surface area contributed by atoms with Crippen molar-refractivity contribution in [2.24, 2.45) is 0 Å². The fraction of sp³-hybridized carbons (Fsp3) is 0.292. The van der Waals surface area contributed by atoms with Crippen LogP contribution in [0.1, 0.15) is 46.6 Å². The summed E-state index contributed by atoms with van der Waals surface area (Å²) in [5.74, 6) is 5.48. The van der Waals surface area contributed by atoms with E-state index in [2.05, 4.69) is 0 Å². The molecule has 2 aromatic carbocycles. The molecule has 6 nitrogen and oxygen atoms in total. The van der Waals surface area contributed by atoms with Crippen LogP contribution in [0, 0.1) is 32.4 Å². The average Bonchev–Trinajstić information content (AvgIpc) is 3.53. The van der Waals surface area contributed by atoms with E-state index >= 15 is 0 Å². The van der Waals surface area contributed by atoms with Gasteiger partial charge in [-0.15, -0.1) is 0 Å². The molecule has 0 atom stereocenters. The number of nitrogens with zero attached hydrogens (tertiary/aromatic N) is 1. The molecule has 3 aromatic rings. The third kappa shape index (κ3) is 6.27. The average molecular weight is 477 g/mol. The number of halogens is 2. The zero-order valence-corrected chi connectivity index (χ0v) is 19.5. The predicted molar refractivity (Wildman–Crippen MR) is 118 cm³/mol. The highest BCUT2D eigenvalue weighted by Crippen LogP contribution is 2.40. The van der Waals surface area contributed by atoms with Gasteiger partial charge in [-0.3, -0.25) is 0 Å². The highest BCUT2D eigenvalue weighted by molar-refractivity contribution is 7.85. The van der Waals surface area contributed by atoms with Crippen LogP contribution in [0.15, 0.2) is 53.6 Å². The molecule has 0 spiro atoms. The quantitative estimate of drug-likeness (QED) is 0.342. The van der Waals surface area contributed by atoms with Crippen LogP contribution in [0.2, 0.25) is 0 Å². The largest absolute Gasteiger partial charge is 0.744 e. The predicted octanol–water partition coefficient (Wildman–Crippen LogP) is 3.94. The van der Waals surface area contributed by atoms with Gasteiger partial charge in [0, 0.05) is 6.07 Å². The first-order chi connectivity index (χ1) is 15.5. The fourth-order valence-electron chi connectivity index (χ4n) is 3.67. The van der Waals surface area contributed by atoms with Crippen LogP contribution in [-0.4, -0.2) is 13.0 Å². The Kier molecular flexibility index (Phi) is 7.34. The van der Waals surface area contributed by atoms with Gasteiger partial charge in [0.25, 0.3) is 0 Å². The lowest BCUT2D eigenvalue weighted by Gasteiger charge is -2.14. The zero-order chi connectivity index (χ0) is 24.3. The number of hydrogen-bond donors (Lipinski definition) is 1. The van der Waals surface area contributed by atoms with Crippen molar-refractivity contribution < 1.29 is 31.2 Å². The van der Waals surface area contributed by atoms with Gasteiger partial charge >= 0.3 is 5.88 Å². The molecule has 0 bridgehead atoms. The van der Waals surface area contributed by atoms with Crippen LogP contribution in [-0.2, 0) is 16.7 Å². The molecule has 0 aliphatic heterocycles. The van der Waals surface area contributed by atoms with Crippen molar-refractivity contribution in [3.63, 3.8) is 0 Å². The van der Waals surface area contributed by atoms with Gasteiger partial charge in [-0.2, -0.15) is 0 Å².